The van der Waals surface area contributed by atoms with Gasteiger partial charge >= 0.3 is 0 Å². The molecule has 0 radical (unpaired) electrons. The molecular weight excluding hydrogens is 257 g/mol. The van der Waals surface area contributed by atoms with Crippen LogP contribution in [0, 0.1) is 11.7 Å². The lowest BCUT2D eigenvalue weighted by Crippen LogP contribution is -2.20. The number of hydrogen-bond acceptors (Lipinski definition) is 1. The van der Waals surface area contributed by atoms with Crippen LogP contribution in [0.5, 0.6) is 0 Å². The zero-order chi connectivity index (χ0) is 10.8. The third kappa shape index (κ3) is 2.23. The zero-order valence-corrected chi connectivity index (χ0v) is 10.1. The van der Waals surface area contributed by atoms with Gasteiger partial charge in [-0.1, -0.05) is 25.0 Å². The highest BCUT2D eigenvalue weighted by Gasteiger charge is 2.25. The Labute approximate surface area is 98.0 Å². The van der Waals surface area contributed by atoms with Crippen LogP contribution in [-0.2, 0) is 0 Å². The van der Waals surface area contributed by atoms with Crippen molar-refractivity contribution in [3.63, 3.8) is 0 Å². The fourth-order valence-electron chi connectivity index (χ4n) is 2.35. The lowest BCUT2D eigenvalue weighted by atomic mass is 9.92. The van der Waals surface area contributed by atoms with E-state index < -0.39 is 0 Å². The molecule has 0 spiro atoms. The molecule has 0 aromatic heterocycles. The second-order valence-electron chi connectivity index (χ2n) is 4.21. The maximum absolute atomic E-state index is 13.8. The van der Waals surface area contributed by atoms with Gasteiger partial charge in [0.15, 0.2) is 0 Å². The summed E-state index contributed by atoms with van der Waals surface area (Å²) in [6.07, 6.45) is 4.72. The van der Waals surface area contributed by atoms with Crippen LogP contribution in [-0.4, -0.2) is 0 Å². The molecule has 0 aliphatic heterocycles. The molecule has 1 aliphatic rings. The van der Waals surface area contributed by atoms with Crippen LogP contribution in [0.3, 0.4) is 0 Å². The van der Waals surface area contributed by atoms with Crippen LogP contribution in [0.4, 0.5) is 4.39 Å². The lowest BCUT2D eigenvalue weighted by Gasteiger charge is -2.20. The largest absolute Gasteiger partial charge is 0.324 e. The molecule has 0 saturated heterocycles. The highest BCUT2D eigenvalue weighted by atomic mass is 79.9. The molecule has 1 aromatic rings. The van der Waals surface area contributed by atoms with Gasteiger partial charge in [-0.15, -0.1) is 0 Å². The third-order valence-electron chi connectivity index (χ3n) is 3.25. The van der Waals surface area contributed by atoms with Crippen molar-refractivity contribution < 1.29 is 4.39 Å². The number of halogens is 2. The fourth-order valence-corrected chi connectivity index (χ4v) is 2.73. The molecule has 0 amide bonds. The van der Waals surface area contributed by atoms with E-state index >= 15 is 0 Å². The van der Waals surface area contributed by atoms with Gasteiger partial charge in [0.1, 0.15) is 5.82 Å². The molecule has 1 atom stereocenters. The Bertz CT molecular complexity index is 347. The zero-order valence-electron chi connectivity index (χ0n) is 8.55. The molecule has 15 heavy (non-hydrogen) atoms. The Morgan fingerprint density at radius 3 is 2.67 bits per heavy atom. The standard InChI is InChI=1S/C12H15BrFN/c13-10-7-3-6-9(11(10)14)12(15)8-4-1-2-5-8/h3,6-8,12H,1-2,4-5,15H2. The van der Waals surface area contributed by atoms with Gasteiger partial charge in [0.05, 0.1) is 4.47 Å². The lowest BCUT2D eigenvalue weighted by molar-refractivity contribution is 0.428. The Hall–Kier alpha value is -0.410. The van der Waals surface area contributed by atoms with E-state index in [2.05, 4.69) is 15.9 Å². The third-order valence-corrected chi connectivity index (χ3v) is 3.86. The molecule has 1 aromatic carbocycles. The minimum atomic E-state index is -0.197. The molecule has 1 aliphatic carbocycles. The quantitative estimate of drug-likeness (QED) is 0.871. The molecule has 1 unspecified atom stereocenters. The van der Waals surface area contributed by atoms with E-state index in [0.29, 0.717) is 16.0 Å². The summed E-state index contributed by atoms with van der Waals surface area (Å²) in [7, 11) is 0. The van der Waals surface area contributed by atoms with Crippen molar-refractivity contribution in [3.05, 3.63) is 34.1 Å². The number of hydrogen-bond donors (Lipinski definition) is 1. The van der Waals surface area contributed by atoms with Gasteiger partial charge in [-0.05, 0) is 40.8 Å². The molecule has 1 saturated carbocycles. The monoisotopic (exact) mass is 271 g/mol. The molecular formula is C12H15BrFN. The summed E-state index contributed by atoms with van der Waals surface area (Å²) >= 11 is 3.19. The molecule has 0 heterocycles. The van der Waals surface area contributed by atoms with Crippen molar-refractivity contribution >= 4 is 15.9 Å². The first-order chi connectivity index (χ1) is 7.20. The Balaban J connectivity index is 2.24. The van der Waals surface area contributed by atoms with E-state index in [0.717, 1.165) is 12.8 Å². The molecule has 82 valence electrons. The topological polar surface area (TPSA) is 26.0 Å². The first-order valence-corrected chi connectivity index (χ1v) is 6.19. The van der Waals surface area contributed by atoms with E-state index in [9.17, 15) is 4.39 Å². The van der Waals surface area contributed by atoms with Crippen LogP contribution < -0.4 is 5.73 Å². The Kier molecular flexibility index (Phi) is 3.42. The van der Waals surface area contributed by atoms with Crippen molar-refractivity contribution in [2.75, 3.05) is 0 Å². The number of nitrogens with two attached hydrogens (primary N) is 1. The molecule has 2 rings (SSSR count). The molecule has 1 fully saturated rings. The summed E-state index contributed by atoms with van der Waals surface area (Å²) in [5.74, 6) is 0.255. The van der Waals surface area contributed by atoms with E-state index in [1.54, 1.807) is 12.1 Å². The summed E-state index contributed by atoms with van der Waals surface area (Å²) in [6, 6.07) is 5.20. The minimum Gasteiger partial charge on any atom is -0.324 e. The Morgan fingerprint density at radius 1 is 1.33 bits per heavy atom. The van der Waals surface area contributed by atoms with Crippen LogP contribution in [0.1, 0.15) is 37.3 Å². The van der Waals surface area contributed by atoms with E-state index in [-0.39, 0.29) is 11.9 Å². The molecule has 3 heteroatoms. The molecule has 1 nitrogen and oxygen atoms in total. The van der Waals surface area contributed by atoms with Crippen molar-refractivity contribution in [1.82, 2.24) is 0 Å². The predicted octanol–water partition coefficient (Wildman–Crippen LogP) is 3.78. The van der Waals surface area contributed by atoms with Crippen LogP contribution >= 0.6 is 15.9 Å². The fraction of sp³-hybridized carbons (Fsp3) is 0.500. The van der Waals surface area contributed by atoms with Crippen molar-refractivity contribution in [1.29, 1.82) is 0 Å². The van der Waals surface area contributed by atoms with Gasteiger partial charge < -0.3 is 5.73 Å². The predicted molar refractivity (Wildman–Crippen MR) is 63.0 cm³/mol. The van der Waals surface area contributed by atoms with Gasteiger partial charge in [0.2, 0.25) is 0 Å². The average Bonchev–Trinajstić information content (AvgIpc) is 2.74. The SMILES string of the molecule is NC(c1cccc(Br)c1F)C1CCCC1. The van der Waals surface area contributed by atoms with E-state index in [4.69, 9.17) is 5.73 Å². The van der Waals surface area contributed by atoms with Crippen molar-refractivity contribution in [2.45, 2.75) is 31.7 Å². The van der Waals surface area contributed by atoms with Crippen molar-refractivity contribution in [3.8, 4) is 0 Å². The summed E-state index contributed by atoms with van der Waals surface area (Å²) < 4.78 is 14.3. The number of rotatable bonds is 2. The highest BCUT2D eigenvalue weighted by Crippen LogP contribution is 2.36. The maximum atomic E-state index is 13.8. The van der Waals surface area contributed by atoms with Crippen LogP contribution in [0.25, 0.3) is 0 Å². The van der Waals surface area contributed by atoms with Crippen molar-refractivity contribution in [2.24, 2.45) is 11.7 Å². The highest BCUT2D eigenvalue weighted by molar-refractivity contribution is 9.10. The van der Waals surface area contributed by atoms with Gasteiger partial charge in [0.25, 0.3) is 0 Å². The molecule has 2 N–H and O–H groups in total. The summed E-state index contributed by atoms with van der Waals surface area (Å²) in [5.41, 5.74) is 6.76. The van der Waals surface area contributed by atoms with Gasteiger partial charge in [-0.2, -0.15) is 0 Å². The summed E-state index contributed by atoms with van der Waals surface area (Å²) in [6.45, 7) is 0. The second-order valence-corrected chi connectivity index (χ2v) is 5.07. The first kappa shape index (κ1) is 11.1. The number of benzene rings is 1. The minimum absolute atomic E-state index is 0.148. The van der Waals surface area contributed by atoms with Gasteiger partial charge in [-0.3, -0.25) is 0 Å². The van der Waals surface area contributed by atoms with Crippen LogP contribution in [0.2, 0.25) is 0 Å². The molecule has 0 bridgehead atoms. The summed E-state index contributed by atoms with van der Waals surface area (Å²) in [5, 5.41) is 0. The smallest absolute Gasteiger partial charge is 0.142 e. The first-order valence-electron chi connectivity index (χ1n) is 5.39. The Morgan fingerprint density at radius 2 is 2.00 bits per heavy atom. The van der Waals surface area contributed by atoms with Gasteiger partial charge in [0, 0.05) is 11.6 Å². The average molecular weight is 272 g/mol. The van der Waals surface area contributed by atoms with E-state index in [1.165, 1.54) is 12.8 Å². The van der Waals surface area contributed by atoms with Crippen LogP contribution in [0.15, 0.2) is 22.7 Å². The summed E-state index contributed by atoms with van der Waals surface area (Å²) in [4.78, 5) is 0. The van der Waals surface area contributed by atoms with E-state index in [1.807, 2.05) is 6.07 Å². The maximum Gasteiger partial charge on any atom is 0.142 e. The van der Waals surface area contributed by atoms with Gasteiger partial charge in [-0.25, -0.2) is 4.39 Å². The second kappa shape index (κ2) is 4.62. The normalized spacial score (nSPS) is 19.4.